The van der Waals surface area contributed by atoms with Gasteiger partial charge in [0.1, 0.15) is 17.3 Å². The van der Waals surface area contributed by atoms with Gasteiger partial charge in [0.2, 0.25) is 0 Å². The Morgan fingerprint density at radius 2 is 1.76 bits per heavy atom. The van der Waals surface area contributed by atoms with Crippen LogP contribution in [0.3, 0.4) is 0 Å². The maximum atomic E-state index is 13.3. The Balaban J connectivity index is 1.71. The predicted octanol–water partition coefficient (Wildman–Crippen LogP) is 3.98. The third kappa shape index (κ3) is 3.96. The van der Waals surface area contributed by atoms with Crippen LogP contribution >= 0.6 is 0 Å². The van der Waals surface area contributed by atoms with Gasteiger partial charge >= 0.3 is 0 Å². The lowest BCUT2D eigenvalue weighted by Gasteiger charge is -2.22. The van der Waals surface area contributed by atoms with Crippen molar-refractivity contribution in [2.45, 2.75) is 26.9 Å². The molecular formula is C23H21N3O3. The summed E-state index contributed by atoms with van der Waals surface area (Å²) in [6.07, 6.45) is 0. The Kier molecular flexibility index (Phi) is 4.99. The molecule has 2 aromatic heterocycles. The first-order chi connectivity index (χ1) is 14.0. The van der Waals surface area contributed by atoms with Crippen molar-refractivity contribution >= 4 is 16.8 Å². The van der Waals surface area contributed by atoms with E-state index in [4.69, 9.17) is 4.42 Å². The number of para-hydroxylation sites is 1. The zero-order valence-corrected chi connectivity index (χ0v) is 16.3. The lowest BCUT2D eigenvalue weighted by atomic mass is 10.1. The van der Waals surface area contributed by atoms with Gasteiger partial charge in [0, 0.05) is 6.54 Å². The summed E-state index contributed by atoms with van der Waals surface area (Å²) in [6, 6.07) is 18.6. The summed E-state index contributed by atoms with van der Waals surface area (Å²) in [6.45, 7) is 4.15. The number of fused-ring (bicyclic) bond motifs is 1. The highest BCUT2D eigenvalue weighted by Crippen LogP contribution is 2.19. The van der Waals surface area contributed by atoms with Crippen molar-refractivity contribution in [3.63, 3.8) is 0 Å². The quantitative estimate of drug-likeness (QED) is 0.562. The minimum atomic E-state index is -0.215. The number of hydrogen-bond acceptors (Lipinski definition) is 4. The zero-order valence-electron chi connectivity index (χ0n) is 16.3. The fraction of sp³-hybridized carbons (Fsp3) is 0.174. The first kappa shape index (κ1) is 18.7. The molecule has 4 rings (SSSR count). The van der Waals surface area contributed by atoms with Crippen molar-refractivity contribution in [2.75, 3.05) is 0 Å². The standard InChI is InChI=1S/C23H21N3O3/c1-15-12-19(16(2)29-15)23(28)26(13-17-8-4-3-5-9-17)14-21-24-20-11-7-6-10-18(20)22(27)25-21/h3-12H,13-14H2,1-2H3,(H,24,25,27). The Morgan fingerprint density at radius 3 is 2.48 bits per heavy atom. The molecule has 0 unspecified atom stereocenters. The molecule has 29 heavy (non-hydrogen) atoms. The van der Waals surface area contributed by atoms with Crippen LogP contribution in [0, 0.1) is 13.8 Å². The summed E-state index contributed by atoms with van der Waals surface area (Å²) < 4.78 is 5.54. The summed E-state index contributed by atoms with van der Waals surface area (Å²) in [7, 11) is 0. The summed E-state index contributed by atoms with van der Waals surface area (Å²) in [5, 5.41) is 0.526. The van der Waals surface area contributed by atoms with Gasteiger partial charge in [-0.05, 0) is 37.6 Å². The first-order valence-corrected chi connectivity index (χ1v) is 9.39. The largest absolute Gasteiger partial charge is 0.466 e. The summed E-state index contributed by atoms with van der Waals surface area (Å²) in [5.74, 6) is 1.53. The predicted molar refractivity (Wildman–Crippen MR) is 111 cm³/mol. The van der Waals surface area contributed by atoms with E-state index < -0.39 is 0 Å². The monoisotopic (exact) mass is 387 g/mol. The normalized spacial score (nSPS) is 11.0. The molecule has 0 saturated carbocycles. The first-order valence-electron chi connectivity index (χ1n) is 9.39. The van der Waals surface area contributed by atoms with Crippen molar-refractivity contribution < 1.29 is 9.21 Å². The zero-order chi connectivity index (χ0) is 20.4. The number of carbonyl (C=O) groups is 1. The van der Waals surface area contributed by atoms with Crippen LogP contribution in [-0.2, 0) is 13.1 Å². The van der Waals surface area contributed by atoms with Crippen molar-refractivity contribution in [3.8, 4) is 0 Å². The smallest absolute Gasteiger partial charge is 0.258 e. The van der Waals surface area contributed by atoms with Gasteiger partial charge in [-0.1, -0.05) is 42.5 Å². The van der Waals surface area contributed by atoms with Crippen LogP contribution in [0.25, 0.3) is 10.9 Å². The van der Waals surface area contributed by atoms with Crippen molar-refractivity contribution in [3.05, 3.63) is 99.5 Å². The molecular weight excluding hydrogens is 366 g/mol. The van der Waals surface area contributed by atoms with E-state index in [9.17, 15) is 9.59 Å². The Morgan fingerprint density at radius 1 is 1.03 bits per heavy atom. The van der Waals surface area contributed by atoms with Crippen molar-refractivity contribution in [1.82, 2.24) is 14.9 Å². The molecule has 0 radical (unpaired) electrons. The number of furan rings is 1. The van der Waals surface area contributed by atoms with Crippen LogP contribution in [0.1, 0.15) is 33.3 Å². The molecule has 0 bridgehead atoms. The fourth-order valence-electron chi connectivity index (χ4n) is 3.41. The van der Waals surface area contributed by atoms with E-state index in [2.05, 4.69) is 9.97 Å². The van der Waals surface area contributed by atoms with Crippen LogP contribution in [0.5, 0.6) is 0 Å². The molecule has 2 aromatic carbocycles. The third-order valence-corrected chi connectivity index (χ3v) is 4.78. The van der Waals surface area contributed by atoms with E-state index in [-0.39, 0.29) is 18.0 Å². The Labute approximate surface area is 167 Å². The molecule has 0 atom stereocenters. The highest BCUT2D eigenvalue weighted by molar-refractivity contribution is 5.95. The number of benzene rings is 2. The summed E-state index contributed by atoms with van der Waals surface area (Å²) >= 11 is 0. The third-order valence-electron chi connectivity index (χ3n) is 4.78. The van der Waals surface area contributed by atoms with Gasteiger partial charge in [0.15, 0.2) is 0 Å². The van der Waals surface area contributed by atoms with Crippen LogP contribution in [0.2, 0.25) is 0 Å². The Bertz CT molecular complexity index is 1230. The SMILES string of the molecule is Cc1cc(C(=O)N(Cc2ccccc2)Cc2nc3ccccc3c(=O)[nH]2)c(C)o1. The number of amides is 1. The average molecular weight is 387 g/mol. The average Bonchev–Trinajstić information content (AvgIpc) is 3.06. The lowest BCUT2D eigenvalue weighted by Crippen LogP contribution is -2.32. The second kappa shape index (κ2) is 7.75. The molecule has 6 heteroatoms. The highest BCUT2D eigenvalue weighted by atomic mass is 16.3. The maximum absolute atomic E-state index is 13.3. The minimum absolute atomic E-state index is 0.168. The van der Waals surface area contributed by atoms with Gasteiger partial charge in [0.05, 0.1) is 23.0 Å². The van der Waals surface area contributed by atoms with Gasteiger partial charge in [-0.3, -0.25) is 9.59 Å². The maximum Gasteiger partial charge on any atom is 0.258 e. The fourth-order valence-corrected chi connectivity index (χ4v) is 3.41. The van der Waals surface area contributed by atoms with E-state index in [1.54, 1.807) is 36.1 Å². The number of rotatable bonds is 5. The number of hydrogen-bond donors (Lipinski definition) is 1. The second-order valence-electron chi connectivity index (χ2n) is 7.00. The van der Waals surface area contributed by atoms with Gasteiger partial charge in [-0.2, -0.15) is 0 Å². The molecule has 4 aromatic rings. The number of carbonyl (C=O) groups excluding carboxylic acids is 1. The molecule has 0 fully saturated rings. The molecule has 0 aliphatic heterocycles. The number of nitrogens with zero attached hydrogens (tertiary/aromatic N) is 2. The van der Waals surface area contributed by atoms with E-state index >= 15 is 0 Å². The molecule has 0 saturated heterocycles. The second-order valence-corrected chi connectivity index (χ2v) is 7.00. The lowest BCUT2D eigenvalue weighted by molar-refractivity contribution is 0.0723. The number of aromatic amines is 1. The van der Waals surface area contributed by atoms with E-state index in [0.717, 1.165) is 5.56 Å². The summed E-state index contributed by atoms with van der Waals surface area (Å²) in [5.41, 5.74) is 1.89. The minimum Gasteiger partial charge on any atom is -0.466 e. The van der Waals surface area contributed by atoms with Gasteiger partial charge in [-0.15, -0.1) is 0 Å². The van der Waals surface area contributed by atoms with Gasteiger partial charge in [-0.25, -0.2) is 4.98 Å². The van der Waals surface area contributed by atoms with Crippen LogP contribution < -0.4 is 5.56 Å². The molecule has 146 valence electrons. The van der Waals surface area contributed by atoms with Crippen LogP contribution in [-0.4, -0.2) is 20.8 Å². The molecule has 1 amide bonds. The molecule has 2 heterocycles. The Hall–Kier alpha value is -3.67. The number of nitrogens with one attached hydrogen (secondary N) is 1. The highest BCUT2D eigenvalue weighted by Gasteiger charge is 2.22. The molecule has 0 aliphatic carbocycles. The number of aromatic nitrogens is 2. The van der Waals surface area contributed by atoms with E-state index in [1.165, 1.54) is 0 Å². The van der Waals surface area contributed by atoms with Crippen LogP contribution in [0.15, 0.2) is 69.9 Å². The van der Waals surface area contributed by atoms with Gasteiger partial charge in [0.25, 0.3) is 11.5 Å². The topological polar surface area (TPSA) is 79.2 Å². The number of aryl methyl sites for hydroxylation is 2. The van der Waals surface area contributed by atoms with Crippen LogP contribution in [0.4, 0.5) is 0 Å². The molecule has 1 N–H and O–H groups in total. The molecule has 0 aliphatic rings. The molecule has 0 spiro atoms. The molecule has 6 nitrogen and oxygen atoms in total. The van der Waals surface area contributed by atoms with E-state index in [0.29, 0.717) is 40.4 Å². The van der Waals surface area contributed by atoms with Crippen molar-refractivity contribution in [1.29, 1.82) is 0 Å². The van der Waals surface area contributed by atoms with E-state index in [1.807, 2.05) is 43.3 Å². The summed E-state index contributed by atoms with van der Waals surface area (Å²) in [4.78, 5) is 34.7. The van der Waals surface area contributed by atoms with Crippen molar-refractivity contribution in [2.24, 2.45) is 0 Å². The van der Waals surface area contributed by atoms with Gasteiger partial charge < -0.3 is 14.3 Å². The number of H-pyrrole nitrogens is 1.